The fourth-order valence-electron chi connectivity index (χ4n) is 6.77. The van der Waals surface area contributed by atoms with E-state index in [0.29, 0.717) is 12.8 Å². The Labute approximate surface area is 362 Å². The number of hydrogen-bond acceptors (Lipinski definition) is 6. The van der Waals surface area contributed by atoms with Crippen LogP contribution in [0.25, 0.3) is 0 Å². The zero-order chi connectivity index (χ0) is 43.5. The predicted molar refractivity (Wildman–Crippen MR) is 247 cm³/mol. The van der Waals surface area contributed by atoms with Crippen molar-refractivity contribution in [1.29, 1.82) is 0 Å². The first-order chi connectivity index (χ1) is 28.6. The second kappa shape index (κ2) is 41.8. The summed E-state index contributed by atoms with van der Waals surface area (Å²) in [5, 5.41) is 9.63. The van der Waals surface area contributed by atoms with E-state index in [4.69, 9.17) is 14.2 Å². The number of likely N-dealkylation sites (N-methyl/N-ethyl adjacent to an activating group) is 1. The van der Waals surface area contributed by atoms with E-state index in [1.807, 2.05) is 21.1 Å². The van der Waals surface area contributed by atoms with Crippen LogP contribution in [0.3, 0.4) is 0 Å². The van der Waals surface area contributed by atoms with Gasteiger partial charge in [0.25, 0.3) is 0 Å². The van der Waals surface area contributed by atoms with Crippen LogP contribution in [0.1, 0.15) is 194 Å². The van der Waals surface area contributed by atoms with E-state index in [9.17, 15) is 19.5 Å². The smallest absolute Gasteiger partial charge is 0.362 e. The maximum atomic E-state index is 12.7. The fraction of sp³-hybridized carbons (Fsp3) is 0.745. The summed E-state index contributed by atoms with van der Waals surface area (Å²) in [4.78, 5) is 37.1. The zero-order valence-electron chi connectivity index (χ0n) is 38.7. The van der Waals surface area contributed by atoms with E-state index in [-0.39, 0.29) is 42.7 Å². The van der Waals surface area contributed by atoms with Crippen molar-refractivity contribution in [3.05, 3.63) is 60.8 Å². The van der Waals surface area contributed by atoms with Crippen molar-refractivity contribution in [3.63, 3.8) is 0 Å². The predicted octanol–water partition coefficient (Wildman–Crippen LogP) is 13.4. The van der Waals surface area contributed by atoms with Crippen LogP contribution in [0.15, 0.2) is 60.8 Å². The SMILES string of the molecule is CC/C=C\C/C=C\C/C=C\C/C=C\C/C=C\CCCCCC(=O)OC(COCCC(C(=O)O)[N+](C)(C)C)COC(=O)CCCCCCCCCCCCCCCCCC. The summed E-state index contributed by atoms with van der Waals surface area (Å²) < 4.78 is 17.3. The van der Waals surface area contributed by atoms with Gasteiger partial charge in [-0.2, -0.15) is 0 Å². The van der Waals surface area contributed by atoms with Crippen LogP contribution >= 0.6 is 0 Å². The highest BCUT2D eigenvalue weighted by Crippen LogP contribution is 2.15. The molecule has 340 valence electrons. The molecule has 0 saturated heterocycles. The normalized spacial score (nSPS) is 13.4. The van der Waals surface area contributed by atoms with Gasteiger partial charge in [0, 0.05) is 19.3 Å². The molecule has 59 heavy (non-hydrogen) atoms. The molecule has 2 unspecified atom stereocenters. The molecule has 0 amide bonds. The number of ether oxygens (including phenoxy) is 3. The van der Waals surface area contributed by atoms with E-state index in [1.165, 1.54) is 83.5 Å². The number of quaternary nitrogens is 1. The average Bonchev–Trinajstić information content (AvgIpc) is 3.19. The number of carbonyl (C=O) groups excluding carboxylic acids is 2. The number of aliphatic carboxylic acids is 1. The second-order valence-corrected chi connectivity index (χ2v) is 17.0. The molecular formula is C51H90NO7+. The number of carboxylic acids is 1. The van der Waals surface area contributed by atoms with Gasteiger partial charge in [-0.05, 0) is 57.8 Å². The van der Waals surface area contributed by atoms with Gasteiger partial charge in [-0.1, -0.05) is 177 Å². The van der Waals surface area contributed by atoms with Crippen molar-refractivity contribution in [1.82, 2.24) is 0 Å². The third-order valence-corrected chi connectivity index (χ3v) is 10.4. The molecule has 0 aliphatic carbocycles. The summed E-state index contributed by atoms with van der Waals surface area (Å²) in [5.41, 5.74) is 0. The average molecular weight is 829 g/mol. The number of nitrogens with zero attached hydrogens (tertiary/aromatic N) is 1. The summed E-state index contributed by atoms with van der Waals surface area (Å²) in [6.07, 6.45) is 51.2. The van der Waals surface area contributed by atoms with E-state index in [2.05, 4.69) is 74.6 Å². The molecule has 8 heteroatoms. The molecule has 0 fully saturated rings. The van der Waals surface area contributed by atoms with Crippen molar-refractivity contribution in [2.75, 3.05) is 41.0 Å². The van der Waals surface area contributed by atoms with Crippen molar-refractivity contribution in [2.45, 2.75) is 206 Å². The molecule has 0 aliphatic heterocycles. The molecule has 0 saturated carbocycles. The van der Waals surface area contributed by atoms with E-state index < -0.39 is 18.1 Å². The summed E-state index contributed by atoms with van der Waals surface area (Å²) in [6.45, 7) is 4.60. The van der Waals surface area contributed by atoms with Crippen molar-refractivity contribution >= 4 is 17.9 Å². The molecule has 0 rings (SSSR count). The Hall–Kier alpha value is -2.97. The summed E-state index contributed by atoms with van der Waals surface area (Å²) in [6, 6.07) is -0.622. The van der Waals surface area contributed by atoms with Gasteiger partial charge in [0.15, 0.2) is 12.1 Å². The number of hydrogen-bond donors (Lipinski definition) is 1. The van der Waals surface area contributed by atoms with Gasteiger partial charge in [-0.25, -0.2) is 4.79 Å². The van der Waals surface area contributed by atoms with Gasteiger partial charge in [-0.15, -0.1) is 0 Å². The van der Waals surface area contributed by atoms with Gasteiger partial charge >= 0.3 is 17.9 Å². The first kappa shape index (κ1) is 56.0. The van der Waals surface area contributed by atoms with Gasteiger partial charge in [0.05, 0.1) is 34.4 Å². The van der Waals surface area contributed by atoms with E-state index in [1.54, 1.807) is 0 Å². The molecule has 0 bridgehead atoms. The minimum absolute atomic E-state index is 0.0472. The number of unbranched alkanes of at least 4 members (excludes halogenated alkanes) is 18. The Morgan fingerprint density at radius 1 is 0.525 bits per heavy atom. The highest BCUT2D eigenvalue weighted by Gasteiger charge is 2.31. The third-order valence-electron chi connectivity index (χ3n) is 10.4. The lowest BCUT2D eigenvalue weighted by molar-refractivity contribution is -0.887. The minimum atomic E-state index is -0.881. The number of carbonyl (C=O) groups is 3. The Kier molecular flexibility index (Phi) is 39.6. The van der Waals surface area contributed by atoms with Crippen LogP contribution in [0.4, 0.5) is 0 Å². The second-order valence-electron chi connectivity index (χ2n) is 17.0. The lowest BCUT2D eigenvalue weighted by Gasteiger charge is -2.31. The number of carboxylic acid groups (broad SMARTS) is 1. The topological polar surface area (TPSA) is 99.1 Å². The fourth-order valence-corrected chi connectivity index (χ4v) is 6.77. The van der Waals surface area contributed by atoms with Crippen molar-refractivity contribution in [3.8, 4) is 0 Å². The first-order valence-electron chi connectivity index (χ1n) is 23.8. The first-order valence-corrected chi connectivity index (χ1v) is 23.8. The van der Waals surface area contributed by atoms with Crippen LogP contribution < -0.4 is 0 Å². The van der Waals surface area contributed by atoms with Crippen molar-refractivity contribution < 1.29 is 38.2 Å². The maximum Gasteiger partial charge on any atom is 0.362 e. The molecule has 0 aliphatic rings. The molecule has 0 aromatic rings. The standard InChI is InChI=1S/C51H89NO7/c1-6-8-10-12-14-16-18-20-22-24-25-26-28-30-32-34-36-38-40-42-50(54)59-47(45-57-44-43-48(51(55)56)52(3,4)5)46-58-49(53)41-39-37-35-33-31-29-27-23-21-19-17-15-13-11-9-7-2/h8,10,14,16,20,22,25-26,30,32,47-48H,6-7,9,11-13,15,17-19,21,23-24,27-29,31,33-46H2,1-5H3/p+1/b10-8-,16-14-,22-20-,26-25-,32-30-. The van der Waals surface area contributed by atoms with Gasteiger partial charge in [0.1, 0.15) is 6.61 Å². The molecule has 0 radical (unpaired) electrons. The molecule has 2 atom stereocenters. The molecule has 0 aromatic carbocycles. The quantitative estimate of drug-likeness (QED) is 0.0283. The summed E-state index contributed by atoms with van der Waals surface area (Å²) in [5.74, 6) is -1.51. The number of esters is 2. The maximum absolute atomic E-state index is 12.7. The largest absolute Gasteiger partial charge is 0.477 e. The number of allylic oxidation sites excluding steroid dienone is 10. The Morgan fingerprint density at radius 3 is 1.41 bits per heavy atom. The molecule has 0 aromatic heterocycles. The van der Waals surface area contributed by atoms with Crippen molar-refractivity contribution in [2.24, 2.45) is 0 Å². The van der Waals surface area contributed by atoms with Gasteiger partial charge in [0.2, 0.25) is 0 Å². The monoisotopic (exact) mass is 829 g/mol. The lowest BCUT2D eigenvalue weighted by Crippen LogP contribution is -2.50. The van der Waals surface area contributed by atoms with Gasteiger partial charge < -0.3 is 23.8 Å². The van der Waals surface area contributed by atoms with Gasteiger partial charge in [-0.3, -0.25) is 9.59 Å². The van der Waals surface area contributed by atoms with Crippen LogP contribution in [-0.4, -0.2) is 80.6 Å². The summed E-state index contributed by atoms with van der Waals surface area (Å²) >= 11 is 0. The minimum Gasteiger partial charge on any atom is -0.477 e. The molecular weight excluding hydrogens is 739 g/mol. The highest BCUT2D eigenvalue weighted by atomic mass is 16.6. The number of rotatable bonds is 42. The lowest BCUT2D eigenvalue weighted by atomic mass is 10.0. The molecule has 1 N–H and O–H groups in total. The van der Waals surface area contributed by atoms with E-state index in [0.717, 1.165) is 77.0 Å². The van der Waals surface area contributed by atoms with E-state index >= 15 is 0 Å². The molecule has 0 spiro atoms. The molecule has 0 heterocycles. The van der Waals surface area contributed by atoms with Crippen LogP contribution in [0.2, 0.25) is 0 Å². The van der Waals surface area contributed by atoms with Crippen LogP contribution in [-0.2, 0) is 28.6 Å². The zero-order valence-corrected chi connectivity index (χ0v) is 38.7. The Morgan fingerprint density at radius 2 is 0.949 bits per heavy atom. The summed E-state index contributed by atoms with van der Waals surface area (Å²) in [7, 11) is 5.52. The Balaban J connectivity index is 4.37. The molecule has 8 nitrogen and oxygen atoms in total. The van der Waals surface area contributed by atoms with Crippen LogP contribution in [0, 0.1) is 0 Å². The third kappa shape index (κ3) is 40.2. The highest BCUT2D eigenvalue weighted by molar-refractivity contribution is 5.72. The Bertz CT molecular complexity index is 1150. The van der Waals surface area contributed by atoms with Crippen LogP contribution in [0.5, 0.6) is 0 Å².